The summed E-state index contributed by atoms with van der Waals surface area (Å²) in [6.07, 6.45) is 4.95. The van der Waals surface area contributed by atoms with Crippen molar-refractivity contribution < 1.29 is 19.1 Å². The highest BCUT2D eigenvalue weighted by atomic mass is 16.5. The molecular formula is C25H25N3O4. The third kappa shape index (κ3) is 3.39. The molecule has 2 aromatic heterocycles. The minimum atomic E-state index is -0.462. The lowest BCUT2D eigenvalue weighted by atomic mass is 9.89. The zero-order valence-corrected chi connectivity index (χ0v) is 17.9. The van der Waals surface area contributed by atoms with Gasteiger partial charge in [0.15, 0.2) is 0 Å². The van der Waals surface area contributed by atoms with Crippen molar-refractivity contribution in [2.75, 3.05) is 32.8 Å². The second-order valence-electron chi connectivity index (χ2n) is 7.85. The van der Waals surface area contributed by atoms with Crippen molar-refractivity contribution in [3.05, 3.63) is 71.7 Å². The number of rotatable bonds is 5. The molecule has 1 fully saturated rings. The van der Waals surface area contributed by atoms with Gasteiger partial charge in [-0.05, 0) is 24.6 Å². The number of furan rings is 1. The molecular weight excluding hydrogens is 406 g/mol. The third-order valence-corrected chi connectivity index (χ3v) is 6.05. The molecule has 0 aliphatic carbocycles. The summed E-state index contributed by atoms with van der Waals surface area (Å²) in [6.45, 7) is 5.31. The molecule has 1 unspecified atom stereocenters. The number of aromatic hydroxyl groups is 1. The predicted molar refractivity (Wildman–Crippen MR) is 122 cm³/mol. The van der Waals surface area contributed by atoms with Gasteiger partial charge in [0.25, 0.3) is 0 Å². The Morgan fingerprint density at radius 1 is 1.19 bits per heavy atom. The van der Waals surface area contributed by atoms with Crippen LogP contribution >= 0.6 is 0 Å². The lowest BCUT2D eigenvalue weighted by Crippen LogP contribution is -2.45. The van der Waals surface area contributed by atoms with Crippen molar-refractivity contribution in [2.45, 2.75) is 13.0 Å². The van der Waals surface area contributed by atoms with Gasteiger partial charge < -0.3 is 19.6 Å². The molecule has 0 amide bonds. The van der Waals surface area contributed by atoms with E-state index in [1.165, 1.54) is 6.26 Å². The van der Waals surface area contributed by atoms with E-state index in [0.29, 0.717) is 27.5 Å². The summed E-state index contributed by atoms with van der Waals surface area (Å²) in [7, 11) is 0. The van der Waals surface area contributed by atoms with E-state index < -0.39 is 5.97 Å². The van der Waals surface area contributed by atoms with E-state index in [9.17, 15) is 9.90 Å². The number of fused-ring (bicyclic) bond motifs is 3. The first kappa shape index (κ1) is 20.5. The van der Waals surface area contributed by atoms with Gasteiger partial charge in [0, 0.05) is 60.3 Å². The molecule has 32 heavy (non-hydrogen) atoms. The molecule has 2 N–H and O–H groups in total. The average Bonchev–Trinajstić information content (AvgIpc) is 3.28. The van der Waals surface area contributed by atoms with Crippen LogP contribution in [0.25, 0.3) is 21.7 Å². The Bertz CT molecular complexity index is 1260. The van der Waals surface area contributed by atoms with Crippen LogP contribution < -0.4 is 5.32 Å². The highest BCUT2D eigenvalue weighted by Crippen LogP contribution is 2.46. The summed E-state index contributed by atoms with van der Waals surface area (Å²) >= 11 is 0. The van der Waals surface area contributed by atoms with Gasteiger partial charge >= 0.3 is 5.97 Å². The van der Waals surface area contributed by atoms with Crippen LogP contribution in [0.2, 0.25) is 0 Å². The summed E-state index contributed by atoms with van der Waals surface area (Å²) in [6, 6.07) is 11.2. The van der Waals surface area contributed by atoms with Crippen LogP contribution in [0.15, 0.2) is 59.5 Å². The number of ether oxygens (including phenoxy) is 1. The van der Waals surface area contributed by atoms with Crippen LogP contribution in [0.5, 0.6) is 5.75 Å². The fourth-order valence-electron chi connectivity index (χ4n) is 4.65. The smallest absolute Gasteiger partial charge is 0.342 e. The van der Waals surface area contributed by atoms with E-state index in [0.717, 1.165) is 37.1 Å². The molecule has 1 atom stereocenters. The second kappa shape index (κ2) is 8.61. The summed E-state index contributed by atoms with van der Waals surface area (Å²) in [4.78, 5) is 19.3. The molecule has 1 aliphatic heterocycles. The van der Waals surface area contributed by atoms with E-state index in [1.54, 1.807) is 19.3 Å². The number of phenols is 1. The lowest BCUT2D eigenvalue weighted by molar-refractivity contribution is 0.0527. The van der Waals surface area contributed by atoms with Gasteiger partial charge in [0.05, 0.1) is 12.6 Å². The van der Waals surface area contributed by atoms with Gasteiger partial charge in [-0.2, -0.15) is 0 Å². The van der Waals surface area contributed by atoms with Crippen LogP contribution in [-0.4, -0.2) is 53.7 Å². The van der Waals surface area contributed by atoms with Gasteiger partial charge in [0.1, 0.15) is 23.2 Å². The number of nitrogens with one attached hydrogen (secondary N) is 1. The molecule has 4 aromatic rings. The number of aromatic nitrogens is 1. The van der Waals surface area contributed by atoms with Crippen molar-refractivity contribution in [1.82, 2.24) is 15.2 Å². The molecule has 5 rings (SSSR count). The van der Waals surface area contributed by atoms with Crippen molar-refractivity contribution >= 4 is 27.7 Å². The lowest BCUT2D eigenvalue weighted by Gasteiger charge is -2.36. The van der Waals surface area contributed by atoms with E-state index in [-0.39, 0.29) is 18.4 Å². The Kier molecular flexibility index (Phi) is 5.51. The number of hydrogen-bond acceptors (Lipinski definition) is 7. The van der Waals surface area contributed by atoms with Gasteiger partial charge in [-0.15, -0.1) is 0 Å². The number of carbonyl (C=O) groups is 1. The van der Waals surface area contributed by atoms with Crippen LogP contribution in [0.4, 0.5) is 0 Å². The molecule has 164 valence electrons. The van der Waals surface area contributed by atoms with Gasteiger partial charge in [-0.3, -0.25) is 9.88 Å². The summed E-state index contributed by atoms with van der Waals surface area (Å²) in [5.41, 5.74) is 2.55. The first-order valence-corrected chi connectivity index (χ1v) is 10.9. The highest BCUT2D eigenvalue weighted by molar-refractivity contribution is 6.16. The SMILES string of the molecule is CCOC(=O)c1coc2c1c(C(c1ccncc1)N1CCNCC1)c(O)c1ccccc12. The molecule has 7 heteroatoms. The maximum Gasteiger partial charge on any atom is 0.342 e. The van der Waals surface area contributed by atoms with Crippen LogP contribution in [0.3, 0.4) is 0 Å². The summed E-state index contributed by atoms with van der Waals surface area (Å²) in [5, 5.41) is 17.0. The van der Waals surface area contributed by atoms with Crippen LogP contribution in [-0.2, 0) is 4.74 Å². The number of esters is 1. The second-order valence-corrected chi connectivity index (χ2v) is 7.85. The zero-order chi connectivity index (χ0) is 22.1. The van der Waals surface area contributed by atoms with E-state index >= 15 is 0 Å². The molecule has 1 saturated heterocycles. The molecule has 0 spiro atoms. The van der Waals surface area contributed by atoms with Crippen LogP contribution in [0.1, 0.15) is 34.5 Å². The maximum atomic E-state index is 12.9. The van der Waals surface area contributed by atoms with E-state index in [1.807, 2.05) is 36.4 Å². The summed E-state index contributed by atoms with van der Waals surface area (Å²) in [5.74, 6) is -0.309. The van der Waals surface area contributed by atoms with Gasteiger partial charge in [0.2, 0.25) is 0 Å². The van der Waals surface area contributed by atoms with Crippen molar-refractivity contribution in [3.63, 3.8) is 0 Å². The Labute approximate surface area is 185 Å². The number of hydrogen-bond donors (Lipinski definition) is 2. The van der Waals surface area contributed by atoms with E-state index in [2.05, 4.69) is 15.2 Å². The minimum absolute atomic E-state index is 0.153. The first-order chi connectivity index (χ1) is 15.7. The number of benzene rings is 2. The molecule has 0 radical (unpaired) electrons. The normalized spacial score (nSPS) is 15.8. The first-order valence-electron chi connectivity index (χ1n) is 10.9. The van der Waals surface area contributed by atoms with Gasteiger partial charge in [-0.1, -0.05) is 24.3 Å². The van der Waals surface area contributed by atoms with Crippen molar-refractivity contribution in [2.24, 2.45) is 0 Å². The molecule has 3 heterocycles. The van der Waals surface area contributed by atoms with Crippen LogP contribution in [0, 0.1) is 0 Å². The predicted octanol–water partition coefficient (Wildman–Crippen LogP) is 3.86. The third-order valence-electron chi connectivity index (χ3n) is 6.05. The van der Waals surface area contributed by atoms with Crippen molar-refractivity contribution in [3.8, 4) is 5.75 Å². The Morgan fingerprint density at radius 2 is 1.91 bits per heavy atom. The number of piperazine rings is 1. The number of pyridine rings is 1. The Morgan fingerprint density at radius 3 is 2.62 bits per heavy atom. The number of nitrogens with zero attached hydrogens (tertiary/aromatic N) is 2. The average molecular weight is 431 g/mol. The maximum absolute atomic E-state index is 12.9. The number of phenolic OH excluding ortho intramolecular Hbond substituents is 1. The zero-order valence-electron chi connectivity index (χ0n) is 17.9. The Hall–Kier alpha value is -3.42. The van der Waals surface area contributed by atoms with E-state index in [4.69, 9.17) is 9.15 Å². The molecule has 0 bridgehead atoms. The van der Waals surface area contributed by atoms with Gasteiger partial charge in [-0.25, -0.2) is 4.79 Å². The molecule has 0 saturated carbocycles. The fourth-order valence-corrected chi connectivity index (χ4v) is 4.65. The molecule has 2 aromatic carbocycles. The molecule has 7 nitrogen and oxygen atoms in total. The fraction of sp³-hybridized carbons (Fsp3) is 0.280. The minimum Gasteiger partial charge on any atom is -0.507 e. The molecule has 1 aliphatic rings. The summed E-state index contributed by atoms with van der Waals surface area (Å²) < 4.78 is 11.3. The Balaban J connectivity index is 1.86. The topological polar surface area (TPSA) is 87.8 Å². The van der Waals surface area contributed by atoms with Crippen molar-refractivity contribution in [1.29, 1.82) is 0 Å². The largest absolute Gasteiger partial charge is 0.507 e. The quantitative estimate of drug-likeness (QED) is 0.464. The monoisotopic (exact) mass is 431 g/mol. The highest BCUT2D eigenvalue weighted by Gasteiger charge is 2.32. The number of carbonyl (C=O) groups excluding carboxylic acids is 1. The standard InChI is InChI=1S/C25H25N3O4/c1-2-31-25(30)19-15-32-24-18-6-4-3-5-17(18)23(29)21(20(19)24)22(16-7-9-26-10-8-16)28-13-11-27-12-14-28/h3-10,15,22,27,29H,2,11-14H2,1H3.